The molecular formula is C22H27ClN2O2. The topological polar surface area (TPSA) is 46.3 Å². The van der Waals surface area contributed by atoms with E-state index in [0.29, 0.717) is 35.8 Å². The average molecular weight is 387 g/mol. The Kier molecular flexibility index (Phi) is 5.82. The molecule has 2 fully saturated rings. The second kappa shape index (κ2) is 8.47. The van der Waals surface area contributed by atoms with Crippen LogP contribution in [0.2, 0.25) is 5.02 Å². The minimum absolute atomic E-state index is 0.278. The van der Waals surface area contributed by atoms with Crippen LogP contribution in [0.25, 0.3) is 11.3 Å². The van der Waals surface area contributed by atoms with E-state index >= 15 is 0 Å². The molecule has 0 bridgehead atoms. The standard InChI is InChI=1S/C22H27ClN2O2/c23-17-11-9-16(10-12-17)20-15-24-21(27-20)13-14-22(26)25(18-5-1-2-6-18)19-7-3-4-8-19/h9-12,15,18-19H,1-8,13-14H2. The number of hydrogen-bond donors (Lipinski definition) is 0. The highest BCUT2D eigenvalue weighted by atomic mass is 35.5. The van der Waals surface area contributed by atoms with Crippen molar-refractivity contribution in [3.8, 4) is 11.3 Å². The molecule has 27 heavy (non-hydrogen) atoms. The molecule has 144 valence electrons. The van der Waals surface area contributed by atoms with E-state index in [4.69, 9.17) is 16.0 Å². The molecule has 2 aliphatic rings. The normalized spacial score (nSPS) is 18.3. The first-order chi connectivity index (χ1) is 13.2. The maximum Gasteiger partial charge on any atom is 0.223 e. The summed E-state index contributed by atoms with van der Waals surface area (Å²) in [6.07, 6.45) is 12.5. The molecule has 0 spiro atoms. The molecule has 0 atom stereocenters. The molecule has 2 aliphatic carbocycles. The third-order valence-corrected chi connectivity index (χ3v) is 6.21. The third-order valence-electron chi connectivity index (χ3n) is 5.96. The summed E-state index contributed by atoms with van der Waals surface area (Å²) >= 11 is 5.94. The molecule has 0 aliphatic heterocycles. The summed E-state index contributed by atoms with van der Waals surface area (Å²) in [5, 5.41) is 0.697. The molecule has 4 nitrogen and oxygen atoms in total. The SMILES string of the molecule is O=C(CCc1ncc(-c2ccc(Cl)cc2)o1)N(C1CCCC1)C1CCCC1. The first-order valence-corrected chi connectivity index (χ1v) is 10.6. The zero-order valence-electron chi connectivity index (χ0n) is 15.7. The van der Waals surface area contributed by atoms with Crippen LogP contribution in [0, 0.1) is 0 Å². The van der Waals surface area contributed by atoms with Crippen LogP contribution in [0.1, 0.15) is 63.7 Å². The fraction of sp³-hybridized carbons (Fsp3) is 0.545. The monoisotopic (exact) mass is 386 g/mol. The predicted octanol–water partition coefficient (Wildman–Crippen LogP) is 5.64. The Hall–Kier alpha value is -1.81. The largest absolute Gasteiger partial charge is 0.441 e. The van der Waals surface area contributed by atoms with E-state index in [0.717, 1.165) is 11.3 Å². The number of amides is 1. The van der Waals surface area contributed by atoms with Crippen molar-refractivity contribution < 1.29 is 9.21 Å². The first kappa shape index (κ1) is 18.5. The molecule has 0 unspecified atom stereocenters. The maximum absolute atomic E-state index is 13.0. The smallest absolute Gasteiger partial charge is 0.223 e. The number of aryl methyl sites for hydroxylation is 1. The highest BCUT2D eigenvalue weighted by molar-refractivity contribution is 6.30. The van der Waals surface area contributed by atoms with Crippen molar-refractivity contribution in [2.45, 2.75) is 76.3 Å². The molecule has 2 saturated carbocycles. The zero-order valence-corrected chi connectivity index (χ0v) is 16.5. The van der Waals surface area contributed by atoms with E-state index in [9.17, 15) is 4.79 Å². The van der Waals surface area contributed by atoms with Crippen LogP contribution in [-0.4, -0.2) is 27.9 Å². The van der Waals surface area contributed by atoms with Gasteiger partial charge in [0.1, 0.15) is 0 Å². The Morgan fingerprint density at radius 1 is 1.04 bits per heavy atom. The molecule has 1 aromatic heterocycles. The van der Waals surface area contributed by atoms with E-state index < -0.39 is 0 Å². The zero-order chi connectivity index (χ0) is 18.6. The molecule has 0 saturated heterocycles. The summed E-state index contributed by atoms with van der Waals surface area (Å²) in [4.78, 5) is 19.7. The summed E-state index contributed by atoms with van der Waals surface area (Å²) < 4.78 is 5.87. The number of aromatic nitrogens is 1. The van der Waals surface area contributed by atoms with Gasteiger partial charge in [0.2, 0.25) is 5.91 Å². The van der Waals surface area contributed by atoms with Gasteiger partial charge in [-0.05, 0) is 49.9 Å². The second-order valence-electron chi connectivity index (χ2n) is 7.80. The second-order valence-corrected chi connectivity index (χ2v) is 8.24. The number of benzene rings is 1. The fourth-order valence-electron chi connectivity index (χ4n) is 4.59. The van der Waals surface area contributed by atoms with Gasteiger partial charge in [-0.1, -0.05) is 37.3 Å². The Labute approximate surface area is 165 Å². The number of carbonyl (C=O) groups is 1. The highest BCUT2D eigenvalue weighted by Gasteiger charge is 2.33. The van der Waals surface area contributed by atoms with Gasteiger partial charge in [0.05, 0.1) is 6.20 Å². The van der Waals surface area contributed by atoms with Gasteiger partial charge >= 0.3 is 0 Å². The minimum atomic E-state index is 0.278. The van der Waals surface area contributed by atoms with Crippen LogP contribution in [-0.2, 0) is 11.2 Å². The van der Waals surface area contributed by atoms with Crippen LogP contribution in [0.4, 0.5) is 0 Å². The lowest BCUT2D eigenvalue weighted by Gasteiger charge is -2.34. The highest BCUT2D eigenvalue weighted by Crippen LogP contribution is 2.32. The van der Waals surface area contributed by atoms with Crippen molar-refractivity contribution in [2.75, 3.05) is 0 Å². The number of halogens is 1. The molecule has 2 aromatic rings. The molecule has 1 heterocycles. The minimum Gasteiger partial charge on any atom is -0.441 e. The van der Waals surface area contributed by atoms with Crippen LogP contribution < -0.4 is 0 Å². The number of nitrogens with zero attached hydrogens (tertiary/aromatic N) is 2. The molecule has 0 radical (unpaired) electrons. The first-order valence-electron chi connectivity index (χ1n) is 10.2. The molecule has 0 N–H and O–H groups in total. The lowest BCUT2D eigenvalue weighted by atomic mass is 10.1. The van der Waals surface area contributed by atoms with Gasteiger partial charge in [-0.25, -0.2) is 4.98 Å². The van der Waals surface area contributed by atoms with E-state index in [2.05, 4.69) is 9.88 Å². The van der Waals surface area contributed by atoms with Crippen LogP contribution in [0.3, 0.4) is 0 Å². The van der Waals surface area contributed by atoms with Gasteiger partial charge in [-0.15, -0.1) is 0 Å². The van der Waals surface area contributed by atoms with Crippen molar-refractivity contribution in [2.24, 2.45) is 0 Å². The Bertz CT molecular complexity index is 743. The van der Waals surface area contributed by atoms with Gasteiger partial charge in [0.25, 0.3) is 0 Å². The molecule has 5 heteroatoms. The third kappa shape index (κ3) is 4.37. The number of carbonyl (C=O) groups excluding carboxylic acids is 1. The quantitative estimate of drug-likeness (QED) is 0.645. The molecule has 1 aromatic carbocycles. The average Bonchev–Trinajstić information content (AvgIpc) is 3.44. The van der Waals surface area contributed by atoms with Gasteiger partial charge in [0, 0.05) is 35.5 Å². The van der Waals surface area contributed by atoms with E-state index in [1.54, 1.807) is 6.20 Å². The van der Waals surface area contributed by atoms with Crippen molar-refractivity contribution in [1.82, 2.24) is 9.88 Å². The van der Waals surface area contributed by atoms with Crippen LogP contribution in [0.15, 0.2) is 34.9 Å². The van der Waals surface area contributed by atoms with Gasteiger partial charge in [-0.2, -0.15) is 0 Å². The lowest BCUT2D eigenvalue weighted by molar-refractivity contribution is -0.136. The van der Waals surface area contributed by atoms with Crippen LogP contribution in [0.5, 0.6) is 0 Å². The Morgan fingerprint density at radius 2 is 1.63 bits per heavy atom. The summed E-state index contributed by atoms with van der Waals surface area (Å²) in [6.45, 7) is 0. The Balaban J connectivity index is 1.39. The summed E-state index contributed by atoms with van der Waals surface area (Å²) in [7, 11) is 0. The maximum atomic E-state index is 13.0. The molecule has 1 amide bonds. The number of rotatable bonds is 6. The van der Waals surface area contributed by atoms with Crippen molar-refractivity contribution in [3.63, 3.8) is 0 Å². The van der Waals surface area contributed by atoms with Crippen molar-refractivity contribution in [1.29, 1.82) is 0 Å². The number of oxazole rings is 1. The van der Waals surface area contributed by atoms with Gasteiger partial charge in [0.15, 0.2) is 11.7 Å². The summed E-state index contributed by atoms with van der Waals surface area (Å²) in [5.74, 6) is 1.63. The van der Waals surface area contributed by atoms with E-state index in [-0.39, 0.29) is 5.91 Å². The lowest BCUT2D eigenvalue weighted by Crippen LogP contribution is -2.45. The van der Waals surface area contributed by atoms with Crippen LogP contribution >= 0.6 is 11.6 Å². The fourth-order valence-corrected chi connectivity index (χ4v) is 4.71. The van der Waals surface area contributed by atoms with Crippen molar-refractivity contribution >= 4 is 17.5 Å². The number of hydrogen-bond acceptors (Lipinski definition) is 3. The molecular weight excluding hydrogens is 360 g/mol. The summed E-state index contributed by atoms with van der Waals surface area (Å²) in [6, 6.07) is 8.41. The van der Waals surface area contributed by atoms with Gasteiger partial charge in [-0.3, -0.25) is 4.79 Å². The predicted molar refractivity (Wildman–Crippen MR) is 107 cm³/mol. The Morgan fingerprint density at radius 3 is 2.22 bits per heavy atom. The van der Waals surface area contributed by atoms with Gasteiger partial charge < -0.3 is 9.32 Å². The summed E-state index contributed by atoms with van der Waals surface area (Å²) in [5.41, 5.74) is 0.947. The van der Waals surface area contributed by atoms with E-state index in [1.807, 2.05) is 24.3 Å². The van der Waals surface area contributed by atoms with Crippen molar-refractivity contribution in [3.05, 3.63) is 41.4 Å². The van der Waals surface area contributed by atoms with E-state index in [1.165, 1.54) is 51.4 Å². The molecule has 4 rings (SSSR count).